The van der Waals surface area contributed by atoms with Crippen molar-refractivity contribution in [2.24, 2.45) is 0 Å². The molecular weight excluding hydrogens is 312 g/mol. The number of benzene rings is 2. The number of nitrogens with zero attached hydrogens (tertiary/aromatic N) is 2. The lowest BCUT2D eigenvalue weighted by atomic mass is 10.0. The van der Waals surface area contributed by atoms with Gasteiger partial charge < -0.3 is 9.64 Å². The highest BCUT2D eigenvalue weighted by Gasteiger charge is 2.30. The largest absolute Gasteiger partial charge is 0.492 e. The SMILES string of the molecule is COc1c(N(C)C)c(-c2ccccc2)c(=O)n2c1-c1ccccc1C2. The number of pyridine rings is 1. The molecule has 2 heterocycles. The van der Waals surface area contributed by atoms with Crippen molar-refractivity contribution in [2.75, 3.05) is 26.1 Å². The highest BCUT2D eigenvalue weighted by Crippen LogP contribution is 2.45. The zero-order valence-electron chi connectivity index (χ0n) is 14.6. The topological polar surface area (TPSA) is 34.5 Å². The third-order valence-corrected chi connectivity index (χ3v) is 4.71. The third kappa shape index (κ3) is 2.25. The summed E-state index contributed by atoms with van der Waals surface area (Å²) in [5.41, 5.74) is 5.50. The van der Waals surface area contributed by atoms with Gasteiger partial charge in [0, 0.05) is 19.7 Å². The van der Waals surface area contributed by atoms with Crippen LogP contribution in [0.5, 0.6) is 5.75 Å². The number of hydrogen-bond acceptors (Lipinski definition) is 3. The van der Waals surface area contributed by atoms with Crippen molar-refractivity contribution in [1.29, 1.82) is 0 Å². The first kappa shape index (κ1) is 15.5. The van der Waals surface area contributed by atoms with E-state index < -0.39 is 0 Å². The quantitative estimate of drug-likeness (QED) is 0.575. The molecule has 0 N–H and O–H groups in total. The third-order valence-electron chi connectivity index (χ3n) is 4.71. The summed E-state index contributed by atoms with van der Waals surface area (Å²) in [6.07, 6.45) is 0. The van der Waals surface area contributed by atoms with Crippen LogP contribution in [0, 0.1) is 0 Å². The van der Waals surface area contributed by atoms with E-state index in [0.717, 1.165) is 33.8 Å². The van der Waals surface area contributed by atoms with Crippen LogP contribution in [0.3, 0.4) is 0 Å². The van der Waals surface area contributed by atoms with E-state index in [0.29, 0.717) is 12.1 Å². The minimum Gasteiger partial charge on any atom is -0.492 e. The van der Waals surface area contributed by atoms with Crippen LogP contribution in [0.15, 0.2) is 59.4 Å². The predicted molar refractivity (Wildman–Crippen MR) is 102 cm³/mol. The maximum atomic E-state index is 13.4. The van der Waals surface area contributed by atoms with E-state index in [1.165, 1.54) is 0 Å². The van der Waals surface area contributed by atoms with E-state index in [1.54, 1.807) is 7.11 Å². The lowest BCUT2D eigenvalue weighted by Gasteiger charge is -2.23. The molecule has 0 atom stereocenters. The van der Waals surface area contributed by atoms with Gasteiger partial charge in [-0.2, -0.15) is 0 Å². The molecule has 1 aliphatic rings. The van der Waals surface area contributed by atoms with Gasteiger partial charge >= 0.3 is 0 Å². The van der Waals surface area contributed by atoms with E-state index in [4.69, 9.17) is 4.74 Å². The fourth-order valence-corrected chi connectivity index (χ4v) is 3.65. The van der Waals surface area contributed by atoms with Crippen molar-refractivity contribution >= 4 is 5.69 Å². The maximum Gasteiger partial charge on any atom is 0.261 e. The Balaban J connectivity index is 2.14. The minimum absolute atomic E-state index is 0.0156. The van der Waals surface area contributed by atoms with Crippen LogP contribution >= 0.6 is 0 Å². The summed E-state index contributed by atoms with van der Waals surface area (Å²) < 4.78 is 7.65. The number of anilines is 1. The van der Waals surface area contributed by atoms with E-state index in [2.05, 4.69) is 12.1 Å². The summed E-state index contributed by atoms with van der Waals surface area (Å²) in [5, 5.41) is 0. The van der Waals surface area contributed by atoms with E-state index in [-0.39, 0.29) is 5.56 Å². The van der Waals surface area contributed by atoms with Gasteiger partial charge in [0.05, 0.1) is 30.6 Å². The van der Waals surface area contributed by atoms with Gasteiger partial charge in [0.15, 0.2) is 5.75 Å². The van der Waals surface area contributed by atoms with E-state index in [9.17, 15) is 4.79 Å². The second-order valence-corrected chi connectivity index (χ2v) is 6.41. The maximum absolute atomic E-state index is 13.4. The van der Waals surface area contributed by atoms with Crippen molar-refractivity contribution in [1.82, 2.24) is 4.57 Å². The monoisotopic (exact) mass is 332 g/mol. The second kappa shape index (κ2) is 5.81. The Kier molecular flexibility index (Phi) is 3.61. The Morgan fingerprint density at radius 2 is 1.68 bits per heavy atom. The van der Waals surface area contributed by atoms with Crippen molar-refractivity contribution in [3.8, 4) is 28.1 Å². The molecule has 4 heteroatoms. The molecule has 4 nitrogen and oxygen atoms in total. The fraction of sp³-hybridized carbons (Fsp3) is 0.190. The Labute approximate surface area is 146 Å². The normalized spacial score (nSPS) is 11.8. The van der Waals surface area contributed by atoms with Crippen LogP contribution in [-0.4, -0.2) is 25.8 Å². The molecule has 0 fully saturated rings. The first-order valence-electron chi connectivity index (χ1n) is 8.29. The van der Waals surface area contributed by atoms with Crippen molar-refractivity contribution in [2.45, 2.75) is 6.54 Å². The summed E-state index contributed by atoms with van der Waals surface area (Å²) in [7, 11) is 5.56. The van der Waals surface area contributed by atoms with Gasteiger partial charge in [-0.1, -0.05) is 54.6 Å². The lowest BCUT2D eigenvalue weighted by molar-refractivity contribution is 0.413. The van der Waals surface area contributed by atoms with Gasteiger partial charge in [-0.15, -0.1) is 0 Å². The lowest BCUT2D eigenvalue weighted by Crippen LogP contribution is -2.25. The van der Waals surface area contributed by atoms with Crippen molar-refractivity contribution < 1.29 is 4.74 Å². The standard InChI is InChI=1S/C21H20N2O2/c1-22(2)19-17(14-9-5-4-6-10-14)21(24)23-13-15-11-7-8-12-16(15)18(23)20(19)25-3/h4-12H,13H2,1-3H3. The van der Waals surface area contributed by atoms with Crippen molar-refractivity contribution in [3.05, 3.63) is 70.5 Å². The Bertz CT molecular complexity index is 1000. The van der Waals surface area contributed by atoms with Crippen molar-refractivity contribution in [3.63, 3.8) is 0 Å². The highest BCUT2D eigenvalue weighted by molar-refractivity contribution is 5.89. The molecule has 0 unspecified atom stereocenters. The van der Waals surface area contributed by atoms with Gasteiger partial charge in [0.1, 0.15) is 0 Å². The van der Waals surface area contributed by atoms with Crippen LogP contribution in [-0.2, 0) is 6.54 Å². The van der Waals surface area contributed by atoms with E-state index in [1.807, 2.05) is 66.0 Å². The number of methoxy groups -OCH3 is 1. The molecule has 0 aliphatic carbocycles. The van der Waals surface area contributed by atoms with Crippen LogP contribution in [0.4, 0.5) is 5.69 Å². The molecule has 0 spiro atoms. The molecule has 0 saturated heterocycles. The zero-order chi connectivity index (χ0) is 17.6. The first-order chi connectivity index (χ1) is 12.1. The van der Waals surface area contributed by atoms with Gasteiger partial charge in [-0.05, 0) is 11.1 Å². The number of hydrogen-bond donors (Lipinski definition) is 0. The van der Waals surface area contributed by atoms with Gasteiger partial charge in [0.25, 0.3) is 5.56 Å². The molecule has 1 aliphatic heterocycles. The molecule has 126 valence electrons. The second-order valence-electron chi connectivity index (χ2n) is 6.41. The van der Waals surface area contributed by atoms with E-state index >= 15 is 0 Å². The van der Waals surface area contributed by atoms with Gasteiger partial charge in [0.2, 0.25) is 0 Å². The van der Waals surface area contributed by atoms with Gasteiger partial charge in [-0.3, -0.25) is 9.36 Å². The van der Waals surface area contributed by atoms with Crippen LogP contribution in [0.2, 0.25) is 0 Å². The average Bonchev–Trinajstić information content (AvgIpc) is 3.02. The molecular formula is C21H20N2O2. The number of ether oxygens (including phenoxy) is 1. The Morgan fingerprint density at radius 1 is 1.00 bits per heavy atom. The molecule has 0 bridgehead atoms. The number of aromatic nitrogens is 1. The molecule has 1 aromatic heterocycles. The van der Waals surface area contributed by atoms with Crippen LogP contribution in [0.1, 0.15) is 5.56 Å². The minimum atomic E-state index is 0.0156. The Morgan fingerprint density at radius 3 is 2.36 bits per heavy atom. The zero-order valence-corrected chi connectivity index (χ0v) is 14.6. The summed E-state index contributed by atoms with van der Waals surface area (Å²) >= 11 is 0. The summed E-state index contributed by atoms with van der Waals surface area (Å²) in [5.74, 6) is 0.744. The molecule has 0 saturated carbocycles. The molecule has 3 aromatic rings. The smallest absolute Gasteiger partial charge is 0.261 e. The highest BCUT2D eigenvalue weighted by atomic mass is 16.5. The Hall–Kier alpha value is -3.01. The van der Waals surface area contributed by atoms with Crippen LogP contribution in [0.25, 0.3) is 22.4 Å². The molecule has 4 rings (SSSR count). The first-order valence-corrected chi connectivity index (χ1v) is 8.29. The van der Waals surface area contributed by atoms with Gasteiger partial charge in [-0.25, -0.2) is 0 Å². The number of fused-ring (bicyclic) bond motifs is 3. The molecule has 0 radical (unpaired) electrons. The summed E-state index contributed by atoms with van der Waals surface area (Å²) in [6.45, 7) is 0.578. The molecule has 0 amide bonds. The molecule has 25 heavy (non-hydrogen) atoms. The molecule has 2 aromatic carbocycles. The average molecular weight is 332 g/mol. The summed E-state index contributed by atoms with van der Waals surface area (Å²) in [4.78, 5) is 15.4. The number of rotatable bonds is 3. The van der Waals surface area contributed by atoms with Crippen LogP contribution < -0.4 is 15.2 Å². The fourth-order valence-electron chi connectivity index (χ4n) is 3.65. The predicted octanol–water partition coefficient (Wildman–Crippen LogP) is 3.62. The summed E-state index contributed by atoms with van der Waals surface area (Å²) in [6, 6.07) is 17.9.